The number of carboxylic acid groups (broad SMARTS) is 1. The summed E-state index contributed by atoms with van der Waals surface area (Å²) in [6, 6.07) is 3.70. The normalized spacial score (nSPS) is 25.0. The molecule has 3 unspecified atom stereocenters. The molecule has 1 aliphatic carbocycles. The van der Waals surface area contributed by atoms with Gasteiger partial charge in [-0.2, -0.15) is 0 Å². The van der Waals surface area contributed by atoms with Gasteiger partial charge in [0.25, 0.3) is 0 Å². The van der Waals surface area contributed by atoms with Crippen LogP contribution < -0.4 is 0 Å². The summed E-state index contributed by atoms with van der Waals surface area (Å²) in [7, 11) is 1.71. The molecule has 1 fully saturated rings. The predicted molar refractivity (Wildman–Crippen MR) is 77.5 cm³/mol. The van der Waals surface area contributed by atoms with E-state index in [9.17, 15) is 14.7 Å². The van der Waals surface area contributed by atoms with E-state index in [1.165, 1.54) is 0 Å². The van der Waals surface area contributed by atoms with Crippen molar-refractivity contribution in [1.82, 2.24) is 4.90 Å². The summed E-state index contributed by atoms with van der Waals surface area (Å²) < 4.78 is 5.47. The summed E-state index contributed by atoms with van der Waals surface area (Å²) in [5, 5.41) is 9.33. The van der Waals surface area contributed by atoms with E-state index in [2.05, 4.69) is 0 Å². The average molecular weight is 293 g/mol. The highest BCUT2D eigenvalue weighted by Gasteiger charge is 2.43. The molecule has 1 aliphatic rings. The fourth-order valence-electron chi connectivity index (χ4n) is 3.19. The Morgan fingerprint density at radius 1 is 1.33 bits per heavy atom. The first kappa shape index (κ1) is 15.6. The number of hydrogen-bond acceptors (Lipinski definition) is 3. The molecule has 1 N–H and O–H groups in total. The molecule has 0 bridgehead atoms. The highest BCUT2D eigenvalue weighted by Crippen LogP contribution is 2.39. The Hall–Kier alpha value is -1.78. The van der Waals surface area contributed by atoms with Gasteiger partial charge in [0.1, 0.15) is 11.5 Å². The van der Waals surface area contributed by atoms with Crippen molar-refractivity contribution >= 4 is 11.9 Å². The summed E-state index contributed by atoms with van der Waals surface area (Å²) in [5.41, 5.74) is 0. The van der Waals surface area contributed by atoms with Crippen molar-refractivity contribution in [1.29, 1.82) is 0 Å². The lowest BCUT2D eigenvalue weighted by molar-refractivity contribution is -0.148. The van der Waals surface area contributed by atoms with Gasteiger partial charge in [0.05, 0.1) is 18.4 Å². The number of rotatable bonds is 5. The molecular formula is C16H23NO4. The van der Waals surface area contributed by atoms with Gasteiger partial charge < -0.3 is 14.4 Å². The maximum Gasteiger partial charge on any atom is 0.307 e. The summed E-state index contributed by atoms with van der Waals surface area (Å²) in [5.74, 6) is -0.0450. The maximum atomic E-state index is 12.6. The molecular weight excluding hydrogens is 270 g/mol. The van der Waals surface area contributed by atoms with Crippen LogP contribution in [-0.2, 0) is 16.1 Å². The number of carbonyl (C=O) groups excluding carboxylic acids is 1. The highest BCUT2D eigenvalue weighted by molar-refractivity contribution is 5.85. The van der Waals surface area contributed by atoms with Gasteiger partial charge in [-0.25, -0.2) is 0 Å². The third-order valence-corrected chi connectivity index (χ3v) is 4.44. The maximum absolute atomic E-state index is 12.6. The summed E-state index contributed by atoms with van der Waals surface area (Å²) in [6.07, 6.45) is 2.21. The fourth-order valence-corrected chi connectivity index (χ4v) is 3.19. The first-order valence-corrected chi connectivity index (χ1v) is 7.45. The molecule has 0 spiro atoms. The second-order valence-corrected chi connectivity index (χ2v) is 6.00. The Kier molecular flexibility index (Phi) is 4.70. The van der Waals surface area contributed by atoms with Crippen LogP contribution in [0.5, 0.6) is 0 Å². The number of nitrogens with zero attached hydrogens (tertiary/aromatic N) is 1. The lowest BCUT2D eigenvalue weighted by Crippen LogP contribution is -2.36. The van der Waals surface area contributed by atoms with E-state index in [0.717, 1.165) is 17.9 Å². The van der Waals surface area contributed by atoms with Crippen LogP contribution in [0.4, 0.5) is 0 Å². The highest BCUT2D eigenvalue weighted by atomic mass is 16.4. The zero-order valence-corrected chi connectivity index (χ0v) is 12.8. The van der Waals surface area contributed by atoms with Crippen LogP contribution in [0.1, 0.15) is 37.7 Å². The Labute approximate surface area is 124 Å². The van der Waals surface area contributed by atoms with Crippen LogP contribution >= 0.6 is 0 Å². The van der Waals surface area contributed by atoms with Crippen LogP contribution in [-0.4, -0.2) is 28.9 Å². The van der Waals surface area contributed by atoms with Gasteiger partial charge in [0.15, 0.2) is 0 Å². The van der Waals surface area contributed by atoms with Gasteiger partial charge in [0.2, 0.25) is 5.91 Å². The van der Waals surface area contributed by atoms with E-state index in [1.54, 1.807) is 11.9 Å². The van der Waals surface area contributed by atoms with Gasteiger partial charge in [-0.05, 0) is 37.8 Å². The number of hydrogen-bond donors (Lipinski definition) is 1. The van der Waals surface area contributed by atoms with E-state index >= 15 is 0 Å². The van der Waals surface area contributed by atoms with Gasteiger partial charge >= 0.3 is 5.97 Å². The molecule has 0 aromatic carbocycles. The number of furan rings is 1. The van der Waals surface area contributed by atoms with Gasteiger partial charge in [0, 0.05) is 7.05 Å². The minimum Gasteiger partial charge on any atom is -0.481 e. The molecule has 1 saturated carbocycles. The quantitative estimate of drug-likeness (QED) is 0.906. The lowest BCUT2D eigenvalue weighted by atomic mass is 9.95. The van der Waals surface area contributed by atoms with Crippen LogP contribution in [0.3, 0.4) is 0 Å². The average Bonchev–Trinajstić information content (AvgIpc) is 3.04. The van der Waals surface area contributed by atoms with E-state index in [0.29, 0.717) is 25.3 Å². The SMILES string of the molecule is CCC1CC(C(=O)O)C(C(=O)N(C)Cc2ccc(C)o2)C1. The minimum atomic E-state index is -0.855. The number of aliphatic carboxylic acids is 1. The van der Waals surface area contributed by atoms with Crippen molar-refractivity contribution in [3.05, 3.63) is 23.7 Å². The van der Waals surface area contributed by atoms with Gasteiger partial charge in [-0.3, -0.25) is 9.59 Å². The molecule has 1 amide bonds. The molecule has 116 valence electrons. The number of carbonyl (C=O) groups is 2. The topological polar surface area (TPSA) is 70.8 Å². The van der Waals surface area contributed by atoms with Crippen LogP contribution in [0, 0.1) is 24.7 Å². The molecule has 2 rings (SSSR count). The second-order valence-electron chi connectivity index (χ2n) is 6.00. The molecule has 1 aromatic heterocycles. The third-order valence-electron chi connectivity index (χ3n) is 4.44. The summed E-state index contributed by atoms with van der Waals surface area (Å²) >= 11 is 0. The molecule has 5 heteroatoms. The van der Waals surface area contributed by atoms with Crippen molar-refractivity contribution in [2.75, 3.05) is 7.05 Å². The van der Waals surface area contributed by atoms with Crippen LogP contribution in [0.15, 0.2) is 16.5 Å². The monoisotopic (exact) mass is 293 g/mol. The zero-order chi connectivity index (χ0) is 15.6. The van der Waals surface area contributed by atoms with E-state index in [1.807, 2.05) is 26.0 Å². The minimum absolute atomic E-state index is 0.0904. The Balaban J connectivity index is 2.05. The van der Waals surface area contributed by atoms with Crippen LogP contribution in [0.25, 0.3) is 0 Å². The molecule has 1 heterocycles. The predicted octanol–water partition coefficient (Wildman–Crippen LogP) is 2.68. The molecule has 21 heavy (non-hydrogen) atoms. The number of amides is 1. The number of carboxylic acids is 1. The molecule has 1 aromatic rings. The van der Waals surface area contributed by atoms with Crippen molar-refractivity contribution in [3.8, 4) is 0 Å². The third kappa shape index (κ3) is 3.46. The Morgan fingerprint density at radius 3 is 2.52 bits per heavy atom. The van der Waals surface area contributed by atoms with Gasteiger partial charge in [-0.1, -0.05) is 13.3 Å². The van der Waals surface area contributed by atoms with Crippen molar-refractivity contribution in [2.45, 2.75) is 39.7 Å². The molecule has 0 radical (unpaired) electrons. The Morgan fingerprint density at radius 2 is 2.00 bits per heavy atom. The second kappa shape index (κ2) is 6.33. The molecule has 5 nitrogen and oxygen atoms in total. The largest absolute Gasteiger partial charge is 0.481 e. The molecule has 0 aliphatic heterocycles. The van der Waals surface area contributed by atoms with E-state index in [-0.39, 0.29) is 5.91 Å². The van der Waals surface area contributed by atoms with E-state index in [4.69, 9.17) is 4.42 Å². The summed E-state index contributed by atoms with van der Waals surface area (Å²) in [4.78, 5) is 25.5. The van der Waals surface area contributed by atoms with Crippen LogP contribution in [0.2, 0.25) is 0 Å². The first-order chi connectivity index (χ1) is 9.92. The van der Waals surface area contributed by atoms with Crippen molar-refractivity contribution < 1.29 is 19.1 Å². The molecule has 0 saturated heterocycles. The summed E-state index contributed by atoms with van der Waals surface area (Å²) in [6.45, 7) is 4.28. The smallest absolute Gasteiger partial charge is 0.307 e. The molecule has 3 atom stereocenters. The standard InChI is InChI=1S/C16H23NO4/c1-4-11-7-13(14(8-11)16(19)20)15(18)17(3)9-12-6-5-10(2)21-12/h5-6,11,13-14H,4,7-9H2,1-3H3,(H,19,20). The van der Waals surface area contributed by atoms with Crippen molar-refractivity contribution in [3.63, 3.8) is 0 Å². The number of aryl methyl sites for hydroxylation is 1. The van der Waals surface area contributed by atoms with Crippen molar-refractivity contribution in [2.24, 2.45) is 17.8 Å². The lowest BCUT2D eigenvalue weighted by Gasteiger charge is -2.22. The van der Waals surface area contributed by atoms with E-state index < -0.39 is 17.8 Å². The fraction of sp³-hybridized carbons (Fsp3) is 0.625. The first-order valence-electron chi connectivity index (χ1n) is 7.45. The Bertz CT molecular complexity index is 522. The van der Waals surface area contributed by atoms with Gasteiger partial charge in [-0.15, -0.1) is 0 Å². The zero-order valence-electron chi connectivity index (χ0n) is 12.8.